The van der Waals surface area contributed by atoms with E-state index in [-0.39, 0.29) is 12.3 Å². The zero-order chi connectivity index (χ0) is 16.4. The van der Waals surface area contributed by atoms with Crippen molar-refractivity contribution in [3.63, 3.8) is 0 Å². The van der Waals surface area contributed by atoms with Gasteiger partial charge in [0, 0.05) is 16.8 Å². The van der Waals surface area contributed by atoms with E-state index in [1.807, 2.05) is 0 Å². The summed E-state index contributed by atoms with van der Waals surface area (Å²) in [5.41, 5.74) is 1.87. The van der Waals surface area contributed by atoms with Crippen molar-refractivity contribution in [3.05, 3.63) is 35.8 Å². The summed E-state index contributed by atoms with van der Waals surface area (Å²) in [6.45, 7) is 2.05. The molecule has 0 fully saturated rings. The maximum Gasteiger partial charge on any atom is 0.573 e. The number of anilines is 1. The van der Waals surface area contributed by atoms with Gasteiger partial charge in [-0.15, -0.1) is 23.4 Å². The van der Waals surface area contributed by atoms with E-state index in [9.17, 15) is 13.2 Å². The molecule has 0 saturated carbocycles. The molecule has 1 aromatic carbocycles. The topological polar surface area (TPSA) is 88.6 Å². The number of tetrazole rings is 1. The molecular formula is C13H11F3N6O. The van der Waals surface area contributed by atoms with Crippen LogP contribution in [0.25, 0.3) is 10.9 Å². The highest BCUT2D eigenvalue weighted by Crippen LogP contribution is 2.30. The van der Waals surface area contributed by atoms with Gasteiger partial charge >= 0.3 is 6.36 Å². The number of nitrogens with one attached hydrogen (secondary N) is 2. The standard InChI is InChI=1S/C13H11F3N6O/c1-7-4-11(17-6-12-19-21-22-20-12)9-5-8(23-13(14,15)16)2-3-10(9)18-7/h2-5H,6H2,1H3,(H,17,18)(H,19,20,21,22). The highest BCUT2D eigenvalue weighted by Gasteiger charge is 2.31. The maximum atomic E-state index is 12.4. The van der Waals surface area contributed by atoms with E-state index < -0.39 is 6.36 Å². The molecule has 7 nitrogen and oxygen atoms in total. The second-order valence-electron chi connectivity index (χ2n) is 4.72. The van der Waals surface area contributed by atoms with Gasteiger partial charge in [-0.25, -0.2) is 0 Å². The molecule has 0 radical (unpaired) electrons. The average Bonchev–Trinajstić information content (AvgIpc) is 2.97. The first-order valence-corrected chi connectivity index (χ1v) is 6.54. The van der Waals surface area contributed by atoms with Crippen molar-refractivity contribution < 1.29 is 17.9 Å². The molecule has 10 heteroatoms. The number of rotatable bonds is 4. The smallest absolute Gasteiger partial charge is 0.406 e. The van der Waals surface area contributed by atoms with Crippen LogP contribution in [-0.4, -0.2) is 32.0 Å². The number of aryl methyl sites for hydroxylation is 1. The molecule has 2 heterocycles. The quantitative estimate of drug-likeness (QED) is 0.767. The van der Waals surface area contributed by atoms with Gasteiger partial charge in [0.1, 0.15) is 5.75 Å². The fourth-order valence-electron chi connectivity index (χ4n) is 2.11. The van der Waals surface area contributed by atoms with Crippen LogP contribution in [-0.2, 0) is 6.54 Å². The minimum Gasteiger partial charge on any atom is -0.406 e. The number of halogens is 3. The molecule has 3 rings (SSSR count). The summed E-state index contributed by atoms with van der Waals surface area (Å²) in [6.07, 6.45) is -4.75. The van der Waals surface area contributed by atoms with Crippen LogP contribution >= 0.6 is 0 Å². The van der Waals surface area contributed by atoms with Gasteiger partial charge in [-0.2, -0.15) is 5.21 Å². The lowest BCUT2D eigenvalue weighted by atomic mass is 10.1. The summed E-state index contributed by atoms with van der Waals surface area (Å²) >= 11 is 0. The monoisotopic (exact) mass is 324 g/mol. The number of aromatic nitrogens is 5. The molecule has 3 aromatic rings. The van der Waals surface area contributed by atoms with E-state index in [1.54, 1.807) is 13.0 Å². The number of fused-ring (bicyclic) bond motifs is 1. The summed E-state index contributed by atoms with van der Waals surface area (Å²) in [5.74, 6) is 0.119. The fourth-order valence-corrected chi connectivity index (χ4v) is 2.11. The lowest BCUT2D eigenvalue weighted by molar-refractivity contribution is -0.274. The van der Waals surface area contributed by atoms with Crippen molar-refractivity contribution in [2.45, 2.75) is 19.8 Å². The Bertz CT molecular complexity index is 818. The summed E-state index contributed by atoms with van der Waals surface area (Å²) in [7, 11) is 0. The van der Waals surface area contributed by atoms with Crippen LogP contribution in [0.5, 0.6) is 5.75 Å². The predicted molar refractivity (Wildman–Crippen MR) is 74.7 cm³/mol. The minimum atomic E-state index is -4.75. The van der Waals surface area contributed by atoms with Gasteiger partial charge < -0.3 is 10.1 Å². The van der Waals surface area contributed by atoms with Crippen molar-refractivity contribution in [2.24, 2.45) is 0 Å². The lowest BCUT2D eigenvalue weighted by Gasteiger charge is -2.12. The molecule has 23 heavy (non-hydrogen) atoms. The van der Waals surface area contributed by atoms with Crippen molar-refractivity contribution in [2.75, 3.05) is 5.32 Å². The molecule has 0 saturated heterocycles. The molecule has 0 spiro atoms. The Kier molecular flexibility index (Phi) is 3.72. The molecule has 0 aliphatic heterocycles. The largest absolute Gasteiger partial charge is 0.573 e. The third-order valence-corrected chi connectivity index (χ3v) is 2.97. The Labute approximate surface area is 127 Å². The second-order valence-corrected chi connectivity index (χ2v) is 4.72. The molecule has 0 unspecified atom stereocenters. The van der Waals surface area contributed by atoms with Crippen molar-refractivity contribution in [3.8, 4) is 5.75 Å². The number of alkyl halides is 3. The first kappa shape index (κ1) is 15.0. The Balaban J connectivity index is 1.95. The molecule has 0 atom stereocenters. The molecule has 0 amide bonds. The number of hydrogen-bond acceptors (Lipinski definition) is 6. The van der Waals surface area contributed by atoms with E-state index in [2.05, 4.69) is 35.7 Å². The van der Waals surface area contributed by atoms with Crippen LogP contribution in [0, 0.1) is 6.92 Å². The van der Waals surface area contributed by atoms with Crippen molar-refractivity contribution in [1.29, 1.82) is 0 Å². The van der Waals surface area contributed by atoms with E-state index >= 15 is 0 Å². The maximum absolute atomic E-state index is 12.4. The third kappa shape index (κ3) is 3.65. The van der Waals surface area contributed by atoms with Gasteiger partial charge in [0.15, 0.2) is 5.82 Å². The number of pyridine rings is 1. The lowest BCUT2D eigenvalue weighted by Crippen LogP contribution is -2.17. The van der Waals surface area contributed by atoms with Gasteiger partial charge in [-0.3, -0.25) is 4.98 Å². The molecule has 0 aliphatic rings. The van der Waals surface area contributed by atoms with Crippen molar-refractivity contribution in [1.82, 2.24) is 25.6 Å². The van der Waals surface area contributed by atoms with E-state index in [0.717, 1.165) is 5.69 Å². The van der Waals surface area contributed by atoms with Gasteiger partial charge in [-0.05, 0) is 31.2 Å². The van der Waals surface area contributed by atoms with Gasteiger partial charge in [0.05, 0.1) is 12.1 Å². The Morgan fingerprint density at radius 1 is 1.26 bits per heavy atom. The number of benzene rings is 1. The van der Waals surface area contributed by atoms with Crippen LogP contribution in [0.4, 0.5) is 18.9 Å². The normalized spacial score (nSPS) is 11.7. The summed E-state index contributed by atoms with van der Waals surface area (Å²) in [6, 6.07) is 5.71. The van der Waals surface area contributed by atoms with Crippen LogP contribution < -0.4 is 10.1 Å². The first-order chi connectivity index (χ1) is 10.9. The van der Waals surface area contributed by atoms with Crippen LogP contribution in [0.2, 0.25) is 0 Å². The molecular weight excluding hydrogens is 313 g/mol. The molecule has 120 valence electrons. The van der Waals surface area contributed by atoms with Gasteiger partial charge in [0.2, 0.25) is 0 Å². The van der Waals surface area contributed by atoms with E-state index in [0.29, 0.717) is 22.4 Å². The zero-order valence-corrected chi connectivity index (χ0v) is 11.8. The molecule has 2 N–H and O–H groups in total. The minimum absolute atomic E-state index is 0.263. The predicted octanol–water partition coefficient (Wildman–Crippen LogP) is 2.57. The number of H-pyrrole nitrogens is 1. The second kappa shape index (κ2) is 5.71. The summed E-state index contributed by atoms with van der Waals surface area (Å²) < 4.78 is 41.0. The highest BCUT2D eigenvalue weighted by molar-refractivity contribution is 5.92. The zero-order valence-electron chi connectivity index (χ0n) is 11.8. The molecule has 0 aliphatic carbocycles. The summed E-state index contributed by atoms with van der Waals surface area (Å²) in [4.78, 5) is 4.29. The Morgan fingerprint density at radius 3 is 2.78 bits per heavy atom. The van der Waals surface area contributed by atoms with Crippen LogP contribution in [0.1, 0.15) is 11.5 Å². The number of aromatic amines is 1. The first-order valence-electron chi connectivity index (χ1n) is 6.54. The Morgan fingerprint density at radius 2 is 2.09 bits per heavy atom. The summed E-state index contributed by atoms with van der Waals surface area (Å²) in [5, 5.41) is 16.9. The Hall–Kier alpha value is -2.91. The fraction of sp³-hybridized carbons (Fsp3) is 0.231. The van der Waals surface area contributed by atoms with Crippen LogP contribution in [0.15, 0.2) is 24.3 Å². The third-order valence-electron chi connectivity index (χ3n) is 2.97. The molecule has 2 aromatic heterocycles. The van der Waals surface area contributed by atoms with Crippen molar-refractivity contribution >= 4 is 16.6 Å². The number of ether oxygens (including phenoxy) is 1. The van der Waals surface area contributed by atoms with E-state index in [1.165, 1.54) is 18.2 Å². The highest BCUT2D eigenvalue weighted by atomic mass is 19.4. The van der Waals surface area contributed by atoms with Gasteiger partial charge in [0.25, 0.3) is 0 Å². The van der Waals surface area contributed by atoms with E-state index in [4.69, 9.17) is 0 Å². The average molecular weight is 324 g/mol. The van der Waals surface area contributed by atoms with Gasteiger partial charge in [-0.1, -0.05) is 5.21 Å². The van der Waals surface area contributed by atoms with Crippen LogP contribution in [0.3, 0.4) is 0 Å². The number of nitrogens with zero attached hydrogens (tertiary/aromatic N) is 4. The molecule has 0 bridgehead atoms. The SMILES string of the molecule is Cc1cc(NCc2nn[nH]n2)c2cc(OC(F)(F)F)ccc2n1. The number of hydrogen-bond donors (Lipinski definition) is 2.